The summed E-state index contributed by atoms with van der Waals surface area (Å²) in [6.07, 6.45) is 1.21. The van der Waals surface area contributed by atoms with Crippen LogP contribution in [-0.2, 0) is 6.54 Å². The number of para-hydroxylation sites is 1. The topological polar surface area (TPSA) is 45.4 Å². The van der Waals surface area contributed by atoms with Crippen molar-refractivity contribution in [3.63, 3.8) is 0 Å². The lowest BCUT2D eigenvalue weighted by Crippen LogP contribution is -2.04. The number of aliphatic hydroxyl groups excluding tert-OH is 1. The molecule has 0 aliphatic carbocycles. The Labute approximate surface area is 101 Å². The number of hydrogen-bond acceptors (Lipinski definition) is 3. The van der Waals surface area contributed by atoms with Crippen molar-refractivity contribution in [1.29, 1.82) is 0 Å². The average Bonchev–Trinajstić information content (AvgIpc) is 2.72. The minimum atomic E-state index is -0.476. The fourth-order valence-corrected chi connectivity index (χ4v) is 1.78. The summed E-state index contributed by atoms with van der Waals surface area (Å²) in [4.78, 5) is 0. The van der Waals surface area contributed by atoms with Crippen LogP contribution in [0.15, 0.2) is 41.0 Å². The number of furan rings is 1. The van der Waals surface area contributed by atoms with Gasteiger partial charge in [0.15, 0.2) is 0 Å². The van der Waals surface area contributed by atoms with Gasteiger partial charge in [-0.2, -0.15) is 0 Å². The molecule has 0 spiro atoms. The molecule has 2 aromatic rings. The summed E-state index contributed by atoms with van der Waals surface area (Å²) in [5.74, 6) is 0.922. The molecule has 2 N–H and O–H groups in total. The SMILES string of the molecule is Cc1ccoc1CNc1ccccc1C(C)O. The third kappa shape index (κ3) is 2.68. The maximum Gasteiger partial charge on any atom is 0.125 e. The van der Waals surface area contributed by atoms with Gasteiger partial charge in [-0.1, -0.05) is 18.2 Å². The maximum absolute atomic E-state index is 9.65. The standard InChI is InChI=1S/C14H17NO2/c1-10-7-8-17-14(10)9-15-13-6-4-3-5-12(13)11(2)16/h3-8,11,15-16H,9H2,1-2H3. The molecule has 0 bridgehead atoms. The molecular weight excluding hydrogens is 214 g/mol. The van der Waals surface area contributed by atoms with Crippen molar-refractivity contribution in [1.82, 2.24) is 0 Å². The lowest BCUT2D eigenvalue weighted by atomic mass is 10.1. The predicted octanol–water partition coefficient (Wildman–Crippen LogP) is 3.25. The zero-order valence-electron chi connectivity index (χ0n) is 10.1. The molecule has 0 saturated carbocycles. The highest BCUT2D eigenvalue weighted by atomic mass is 16.3. The fourth-order valence-electron chi connectivity index (χ4n) is 1.78. The smallest absolute Gasteiger partial charge is 0.125 e. The molecule has 1 aromatic heterocycles. The van der Waals surface area contributed by atoms with Gasteiger partial charge in [0.05, 0.1) is 18.9 Å². The Kier molecular flexibility index (Phi) is 3.49. The molecule has 0 amide bonds. The van der Waals surface area contributed by atoms with Crippen molar-refractivity contribution in [2.24, 2.45) is 0 Å². The number of aryl methyl sites for hydroxylation is 1. The Bertz CT molecular complexity index is 488. The molecule has 1 atom stereocenters. The molecule has 1 unspecified atom stereocenters. The molecule has 0 radical (unpaired) electrons. The quantitative estimate of drug-likeness (QED) is 0.849. The lowest BCUT2D eigenvalue weighted by molar-refractivity contribution is 0.200. The van der Waals surface area contributed by atoms with E-state index in [4.69, 9.17) is 4.42 Å². The van der Waals surface area contributed by atoms with E-state index in [1.165, 1.54) is 0 Å². The summed E-state index contributed by atoms with van der Waals surface area (Å²) in [6.45, 7) is 4.41. The molecule has 0 saturated heterocycles. The van der Waals surface area contributed by atoms with Crippen LogP contribution in [0.5, 0.6) is 0 Å². The van der Waals surface area contributed by atoms with E-state index in [0.29, 0.717) is 6.54 Å². The van der Waals surface area contributed by atoms with Gasteiger partial charge in [0.25, 0.3) is 0 Å². The zero-order chi connectivity index (χ0) is 12.3. The highest BCUT2D eigenvalue weighted by Crippen LogP contribution is 2.23. The van der Waals surface area contributed by atoms with Crippen molar-refractivity contribution < 1.29 is 9.52 Å². The number of anilines is 1. The van der Waals surface area contributed by atoms with Gasteiger partial charge in [0, 0.05) is 11.3 Å². The average molecular weight is 231 g/mol. The summed E-state index contributed by atoms with van der Waals surface area (Å²) in [5.41, 5.74) is 2.97. The van der Waals surface area contributed by atoms with Crippen LogP contribution in [0, 0.1) is 6.92 Å². The summed E-state index contributed by atoms with van der Waals surface area (Å²) in [6, 6.07) is 9.69. The number of rotatable bonds is 4. The molecular formula is C14H17NO2. The monoisotopic (exact) mass is 231 g/mol. The molecule has 3 nitrogen and oxygen atoms in total. The first-order valence-electron chi connectivity index (χ1n) is 5.72. The summed E-state index contributed by atoms with van der Waals surface area (Å²) < 4.78 is 5.36. The second-order valence-corrected chi connectivity index (χ2v) is 4.14. The van der Waals surface area contributed by atoms with Crippen LogP contribution in [0.2, 0.25) is 0 Å². The molecule has 1 heterocycles. The van der Waals surface area contributed by atoms with Crippen molar-refractivity contribution in [2.75, 3.05) is 5.32 Å². The first kappa shape index (κ1) is 11.7. The van der Waals surface area contributed by atoms with E-state index >= 15 is 0 Å². The first-order valence-corrected chi connectivity index (χ1v) is 5.72. The van der Waals surface area contributed by atoms with E-state index in [0.717, 1.165) is 22.6 Å². The van der Waals surface area contributed by atoms with Gasteiger partial charge in [-0.05, 0) is 31.5 Å². The molecule has 1 aromatic carbocycles. The minimum absolute atomic E-state index is 0.476. The Morgan fingerprint density at radius 2 is 2.06 bits per heavy atom. The van der Waals surface area contributed by atoms with Crippen molar-refractivity contribution >= 4 is 5.69 Å². The molecule has 0 aliphatic rings. The van der Waals surface area contributed by atoms with Crippen LogP contribution in [0.1, 0.15) is 29.9 Å². The van der Waals surface area contributed by atoms with E-state index < -0.39 is 6.10 Å². The predicted molar refractivity (Wildman–Crippen MR) is 67.8 cm³/mol. The lowest BCUT2D eigenvalue weighted by Gasteiger charge is -2.13. The third-order valence-corrected chi connectivity index (χ3v) is 2.82. The highest BCUT2D eigenvalue weighted by molar-refractivity contribution is 5.52. The fraction of sp³-hybridized carbons (Fsp3) is 0.286. The van der Waals surface area contributed by atoms with E-state index in [9.17, 15) is 5.11 Å². The van der Waals surface area contributed by atoms with Crippen LogP contribution in [0.4, 0.5) is 5.69 Å². The maximum atomic E-state index is 9.65. The molecule has 90 valence electrons. The molecule has 17 heavy (non-hydrogen) atoms. The number of hydrogen-bond donors (Lipinski definition) is 2. The normalized spacial score (nSPS) is 12.4. The van der Waals surface area contributed by atoms with Crippen LogP contribution < -0.4 is 5.32 Å². The summed E-state index contributed by atoms with van der Waals surface area (Å²) in [7, 11) is 0. The highest BCUT2D eigenvalue weighted by Gasteiger charge is 2.08. The van der Waals surface area contributed by atoms with Crippen molar-refractivity contribution in [3.05, 3.63) is 53.5 Å². The van der Waals surface area contributed by atoms with E-state index in [-0.39, 0.29) is 0 Å². The second-order valence-electron chi connectivity index (χ2n) is 4.14. The summed E-state index contributed by atoms with van der Waals surface area (Å²) >= 11 is 0. The molecule has 0 fully saturated rings. The third-order valence-electron chi connectivity index (χ3n) is 2.82. The first-order chi connectivity index (χ1) is 8.18. The zero-order valence-corrected chi connectivity index (χ0v) is 10.1. The van der Waals surface area contributed by atoms with Crippen LogP contribution in [0.3, 0.4) is 0 Å². The molecule has 2 rings (SSSR count). The minimum Gasteiger partial charge on any atom is -0.467 e. The van der Waals surface area contributed by atoms with Gasteiger partial charge in [0.1, 0.15) is 5.76 Å². The van der Waals surface area contributed by atoms with Gasteiger partial charge in [-0.3, -0.25) is 0 Å². The van der Waals surface area contributed by atoms with Crippen molar-refractivity contribution in [2.45, 2.75) is 26.5 Å². The number of aliphatic hydroxyl groups is 1. The van der Waals surface area contributed by atoms with E-state index in [2.05, 4.69) is 5.32 Å². The van der Waals surface area contributed by atoms with E-state index in [1.807, 2.05) is 37.3 Å². The van der Waals surface area contributed by atoms with Gasteiger partial charge in [-0.25, -0.2) is 0 Å². The Morgan fingerprint density at radius 1 is 1.29 bits per heavy atom. The molecule has 0 aliphatic heterocycles. The largest absolute Gasteiger partial charge is 0.467 e. The van der Waals surface area contributed by atoms with Crippen molar-refractivity contribution in [3.8, 4) is 0 Å². The molecule has 3 heteroatoms. The summed E-state index contributed by atoms with van der Waals surface area (Å²) in [5, 5.41) is 12.9. The van der Waals surface area contributed by atoms with Crippen LogP contribution in [0.25, 0.3) is 0 Å². The second kappa shape index (κ2) is 5.06. The number of nitrogens with one attached hydrogen (secondary N) is 1. The van der Waals surface area contributed by atoms with Gasteiger partial charge >= 0.3 is 0 Å². The Hall–Kier alpha value is -1.74. The van der Waals surface area contributed by atoms with Crippen LogP contribution >= 0.6 is 0 Å². The Balaban J connectivity index is 2.11. The van der Waals surface area contributed by atoms with E-state index in [1.54, 1.807) is 13.2 Å². The Morgan fingerprint density at radius 3 is 2.71 bits per heavy atom. The van der Waals surface area contributed by atoms with Gasteiger partial charge in [-0.15, -0.1) is 0 Å². The van der Waals surface area contributed by atoms with Gasteiger partial charge in [0.2, 0.25) is 0 Å². The van der Waals surface area contributed by atoms with Crippen LogP contribution in [-0.4, -0.2) is 5.11 Å². The van der Waals surface area contributed by atoms with Gasteiger partial charge < -0.3 is 14.8 Å². The number of benzene rings is 1.